The maximum atomic E-state index is 6.20. The van der Waals surface area contributed by atoms with Gasteiger partial charge in [-0.3, -0.25) is 0 Å². The molecule has 0 aromatic heterocycles. The molecule has 1 atom stereocenters. The molecule has 0 saturated heterocycles. The van der Waals surface area contributed by atoms with Gasteiger partial charge in [0.1, 0.15) is 0 Å². The molecule has 2 radical (unpaired) electrons. The average Bonchev–Trinajstić information content (AvgIpc) is 2.27. The smallest absolute Gasteiger partial charge is 0.236 e. The Morgan fingerprint density at radius 2 is 1.89 bits per heavy atom. The molecule has 0 saturated carbocycles. The fourth-order valence-electron chi connectivity index (χ4n) is 1.42. The summed E-state index contributed by atoms with van der Waals surface area (Å²) in [6, 6.07) is 0. The Balaban J connectivity index is 4.53. The van der Waals surface area contributed by atoms with Gasteiger partial charge < -0.3 is 4.43 Å². The van der Waals surface area contributed by atoms with E-state index in [1.165, 1.54) is 0 Å². The van der Waals surface area contributed by atoms with E-state index in [9.17, 15) is 0 Å². The molecule has 102 valence electrons. The van der Waals surface area contributed by atoms with E-state index in [0.717, 1.165) is 31.3 Å². The van der Waals surface area contributed by atoms with Gasteiger partial charge in [0, 0.05) is 6.42 Å². The van der Waals surface area contributed by atoms with E-state index in [0.29, 0.717) is 9.76 Å². The van der Waals surface area contributed by atoms with E-state index in [2.05, 4.69) is 53.0 Å². The number of rotatable bonds is 7. The fraction of sp³-hybridized carbons (Fsp3) is 0.750. The van der Waals surface area contributed by atoms with E-state index >= 15 is 0 Å². The minimum Gasteiger partial charge on any atom is -0.411 e. The molecule has 0 amide bonds. The third kappa shape index (κ3) is 7.74. The van der Waals surface area contributed by atoms with Gasteiger partial charge in [0.15, 0.2) is 0 Å². The van der Waals surface area contributed by atoms with E-state index in [1.807, 2.05) is 6.92 Å². The van der Waals surface area contributed by atoms with Crippen LogP contribution in [0.1, 0.15) is 67.2 Å². The molecule has 0 spiro atoms. The molecule has 0 N–H and O–H groups in total. The molecule has 1 nitrogen and oxygen atoms in total. The second-order valence-corrected chi connectivity index (χ2v) is 7.66. The Bertz CT molecular complexity index is 322. The van der Waals surface area contributed by atoms with E-state index in [1.54, 1.807) is 0 Å². The zero-order valence-electron chi connectivity index (χ0n) is 12.9. The SMILES string of the molecule is C=C(C)C#CCC(C)(CCC)O[Si]C(C)(C)CC. The third-order valence-corrected chi connectivity index (χ3v) is 4.50. The molecular weight excluding hydrogens is 236 g/mol. The molecule has 0 aliphatic rings. The molecule has 0 heterocycles. The first-order valence-corrected chi connectivity index (χ1v) is 7.75. The minimum absolute atomic E-state index is 0.109. The highest BCUT2D eigenvalue weighted by atomic mass is 28.2. The Kier molecular flexibility index (Phi) is 7.59. The van der Waals surface area contributed by atoms with Crippen molar-refractivity contribution in [1.29, 1.82) is 0 Å². The lowest BCUT2D eigenvalue weighted by molar-refractivity contribution is 0.0830. The van der Waals surface area contributed by atoms with Gasteiger partial charge >= 0.3 is 0 Å². The van der Waals surface area contributed by atoms with Crippen molar-refractivity contribution in [2.45, 2.75) is 77.9 Å². The van der Waals surface area contributed by atoms with Gasteiger partial charge in [0.2, 0.25) is 9.76 Å². The van der Waals surface area contributed by atoms with Crippen molar-refractivity contribution in [3.05, 3.63) is 12.2 Å². The van der Waals surface area contributed by atoms with Crippen LogP contribution in [0.15, 0.2) is 12.2 Å². The van der Waals surface area contributed by atoms with Crippen molar-refractivity contribution in [3.8, 4) is 11.8 Å². The maximum Gasteiger partial charge on any atom is 0.236 e. The summed E-state index contributed by atoms with van der Waals surface area (Å²) in [5.41, 5.74) is 0.812. The molecular formula is C16H28OSi. The van der Waals surface area contributed by atoms with Gasteiger partial charge in [-0.2, -0.15) is 0 Å². The zero-order valence-corrected chi connectivity index (χ0v) is 13.9. The quantitative estimate of drug-likeness (QED) is 0.476. The lowest BCUT2D eigenvalue weighted by Crippen LogP contribution is -2.33. The van der Waals surface area contributed by atoms with Crippen molar-refractivity contribution < 1.29 is 4.43 Å². The lowest BCUT2D eigenvalue weighted by atomic mass is 9.97. The van der Waals surface area contributed by atoms with Crippen LogP contribution in [-0.4, -0.2) is 15.4 Å². The highest BCUT2D eigenvalue weighted by molar-refractivity contribution is 6.32. The van der Waals surface area contributed by atoms with Crippen LogP contribution in [-0.2, 0) is 4.43 Å². The molecule has 0 aliphatic heterocycles. The first-order chi connectivity index (χ1) is 8.24. The molecule has 0 aliphatic carbocycles. The predicted octanol–water partition coefficient (Wildman–Crippen LogP) is 4.76. The highest BCUT2D eigenvalue weighted by Crippen LogP contribution is 2.31. The summed E-state index contributed by atoms with van der Waals surface area (Å²) >= 11 is 0. The van der Waals surface area contributed by atoms with Gasteiger partial charge in [0.25, 0.3) is 0 Å². The number of hydrogen-bond donors (Lipinski definition) is 0. The van der Waals surface area contributed by atoms with E-state index in [-0.39, 0.29) is 10.6 Å². The van der Waals surface area contributed by atoms with Crippen LogP contribution in [0.25, 0.3) is 0 Å². The Morgan fingerprint density at radius 3 is 2.33 bits per heavy atom. The van der Waals surface area contributed by atoms with Crippen LogP contribution < -0.4 is 0 Å². The topological polar surface area (TPSA) is 9.23 Å². The lowest BCUT2D eigenvalue weighted by Gasteiger charge is -2.32. The summed E-state index contributed by atoms with van der Waals surface area (Å²) in [6.45, 7) is 16.9. The van der Waals surface area contributed by atoms with Crippen LogP contribution in [0.3, 0.4) is 0 Å². The van der Waals surface area contributed by atoms with E-state index in [4.69, 9.17) is 4.43 Å². The Labute approximate surface area is 116 Å². The number of hydrogen-bond acceptors (Lipinski definition) is 1. The maximum absolute atomic E-state index is 6.20. The van der Waals surface area contributed by atoms with Crippen LogP contribution >= 0.6 is 0 Å². The fourth-order valence-corrected chi connectivity index (χ4v) is 2.26. The largest absolute Gasteiger partial charge is 0.411 e. The summed E-state index contributed by atoms with van der Waals surface area (Å²) in [4.78, 5) is 0. The first-order valence-electron chi connectivity index (χ1n) is 6.84. The van der Waals surface area contributed by atoms with Crippen molar-refractivity contribution in [2.24, 2.45) is 0 Å². The molecule has 0 bridgehead atoms. The summed E-state index contributed by atoms with van der Waals surface area (Å²) in [5, 5.41) is 0.275. The average molecular weight is 264 g/mol. The summed E-state index contributed by atoms with van der Waals surface area (Å²) in [6.07, 6.45) is 4.12. The van der Waals surface area contributed by atoms with Crippen molar-refractivity contribution in [3.63, 3.8) is 0 Å². The second kappa shape index (κ2) is 7.81. The minimum atomic E-state index is -0.109. The predicted molar refractivity (Wildman–Crippen MR) is 81.7 cm³/mol. The molecule has 0 rings (SSSR count). The van der Waals surface area contributed by atoms with Gasteiger partial charge in [-0.15, -0.1) is 0 Å². The first kappa shape index (κ1) is 17.5. The van der Waals surface area contributed by atoms with Gasteiger partial charge in [0.05, 0.1) is 5.60 Å². The molecule has 0 aromatic carbocycles. The second-order valence-electron chi connectivity index (χ2n) is 5.90. The van der Waals surface area contributed by atoms with Crippen LogP contribution in [0.5, 0.6) is 0 Å². The molecule has 0 aromatic rings. The summed E-state index contributed by atoms with van der Waals surface area (Å²) < 4.78 is 6.20. The van der Waals surface area contributed by atoms with Crippen LogP contribution in [0.4, 0.5) is 0 Å². The van der Waals surface area contributed by atoms with E-state index < -0.39 is 0 Å². The van der Waals surface area contributed by atoms with Crippen molar-refractivity contribution >= 4 is 9.76 Å². The molecule has 0 fully saturated rings. The monoisotopic (exact) mass is 264 g/mol. The Morgan fingerprint density at radius 1 is 1.28 bits per heavy atom. The molecule has 2 heteroatoms. The standard InChI is InChI=1S/C16H28OSi/c1-8-12-16(7,13-10-11-14(3)4)17-18-15(5,6)9-2/h3,8-9,12-13H2,1-2,4-7H3. The molecule has 18 heavy (non-hydrogen) atoms. The van der Waals surface area contributed by atoms with Crippen LogP contribution in [0.2, 0.25) is 5.04 Å². The van der Waals surface area contributed by atoms with Crippen molar-refractivity contribution in [2.75, 3.05) is 0 Å². The summed E-state index contributed by atoms with van der Waals surface area (Å²) in [5.74, 6) is 6.24. The molecule has 1 unspecified atom stereocenters. The zero-order chi connectivity index (χ0) is 14.2. The van der Waals surface area contributed by atoms with Gasteiger partial charge in [-0.05, 0) is 30.9 Å². The van der Waals surface area contributed by atoms with Crippen molar-refractivity contribution in [1.82, 2.24) is 0 Å². The third-order valence-electron chi connectivity index (χ3n) is 3.00. The Hall–Kier alpha value is -0.523. The van der Waals surface area contributed by atoms with Crippen LogP contribution in [0, 0.1) is 11.8 Å². The highest BCUT2D eigenvalue weighted by Gasteiger charge is 2.27. The van der Waals surface area contributed by atoms with Gasteiger partial charge in [-0.25, -0.2) is 0 Å². The van der Waals surface area contributed by atoms with Gasteiger partial charge in [-0.1, -0.05) is 59.0 Å². The number of allylic oxidation sites excluding steroid dienone is 1. The summed E-state index contributed by atoms with van der Waals surface area (Å²) in [7, 11) is 0.536. The normalized spacial score (nSPS) is 14.6.